The molecule has 0 spiro atoms. The molecule has 20 heavy (non-hydrogen) atoms. The largest absolute Gasteiger partial charge is 0.497 e. The molecule has 3 heteroatoms. The van der Waals surface area contributed by atoms with Crippen molar-refractivity contribution >= 4 is 0 Å². The molecule has 0 aliphatic carbocycles. The normalized spacial score (nSPS) is 12.1. The van der Waals surface area contributed by atoms with Crippen LogP contribution in [0.4, 0.5) is 0 Å². The zero-order chi connectivity index (χ0) is 13.5. The minimum absolute atomic E-state index is 0.901. The van der Waals surface area contributed by atoms with Gasteiger partial charge >= 0.3 is 0 Å². The quantitative estimate of drug-likeness (QED) is 0.553. The highest BCUT2D eigenvalue weighted by Crippen LogP contribution is 2.32. The summed E-state index contributed by atoms with van der Waals surface area (Å²) in [7, 11) is 1.70. The van der Waals surface area contributed by atoms with Crippen LogP contribution in [0.25, 0.3) is 16.9 Å². The van der Waals surface area contributed by atoms with Gasteiger partial charge in [0.25, 0.3) is 0 Å². The van der Waals surface area contributed by atoms with Crippen molar-refractivity contribution in [2.45, 2.75) is 6.42 Å². The van der Waals surface area contributed by atoms with E-state index >= 15 is 0 Å². The summed E-state index contributed by atoms with van der Waals surface area (Å²) in [4.78, 5) is 0. The molecule has 0 radical (unpaired) electrons. The van der Waals surface area contributed by atoms with Gasteiger partial charge < -0.3 is 4.74 Å². The molecule has 0 bridgehead atoms. The SMILES string of the molecule is COc1ccc2c(c1)Cc1cc(-c3ccccc3)nn1-2. The molecule has 0 amide bonds. The first-order chi connectivity index (χ1) is 9.85. The Hall–Kier alpha value is -2.55. The average molecular weight is 262 g/mol. The van der Waals surface area contributed by atoms with Gasteiger partial charge in [0.1, 0.15) is 5.75 Å². The average Bonchev–Trinajstić information content (AvgIpc) is 3.05. The van der Waals surface area contributed by atoms with Gasteiger partial charge in [0, 0.05) is 17.7 Å². The van der Waals surface area contributed by atoms with Crippen molar-refractivity contribution in [3.63, 3.8) is 0 Å². The molecule has 0 saturated heterocycles. The number of hydrogen-bond donors (Lipinski definition) is 0. The van der Waals surface area contributed by atoms with E-state index < -0.39 is 0 Å². The fourth-order valence-corrected chi connectivity index (χ4v) is 2.74. The molecule has 1 aromatic heterocycles. The predicted molar refractivity (Wildman–Crippen MR) is 78.4 cm³/mol. The molecular formula is C17H14N2O. The van der Waals surface area contributed by atoms with E-state index in [9.17, 15) is 0 Å². The summed E-state index contributed by atoms with van der Waals surface area (Å²) in [6, 6.07) is 18.6. The maximum atomic E-state index is 5.28. The molecule has 3 nitrogen and oxygen atoms in total. The summed E-state index contributed by atoms with van der Waals surface area (Å²) in [6.07, 6.45) is 0.909. The third-order valence-electron chi connectivity index (χ3n) is 3.74. The Balaban J connectivity index is 1.79. The number of ether oxygens (including phenoxy) is 1. The van der Waals surface area contributed by atoms with Crippen LogP contribution in [0, 0.1) is 0 Å². The molecule has 2 aromatic carbocycles. The number of fused-ring (bicyclic) bond motifs is 3. The summed E-state index contributed by atoms with van der Waals surface area (Å²) in [6.45, 7) is 0. The third-order valence-corrected chi connectivity index (χ3v) is 3.74. The third kappa shape index (κ3) is 1.63. The Kier molecular flexibility index (Phi) is 2.39. The number of nitrogens with zero attached hydrogens (tertiary/aromatic N) is 2. The molecule has 0 atom stereocenters. The maximum absolute atomic E-state index is 5.28. The molecule has 0 fully saturated rings. The monoisotopic (exact) mass is 262 g/mol. The highest BCUT2D eigenvalue weighted by Gasteiger charge is 2.21. The van der Waals surface area contributed by atoms with Crippen LogP contribution < -0.4 is 4.74 Å². The molecule has 1 aliphatic heterocycles. The van der Waals surface area contributed by atoms with E-state index in [1.54, 1.807) is 7.11 Å². The van der Waals surface area contributed by atoms with E-state index in [0.29, 0.717) is 0 Å². The fourth-order valence-electron chi connectivity index (χ4n) is 2.74. The number of hydrogen-bond acceptors (Lipinski definition) is 2. The highest BCUT2D eigenvalue weighted by molar-refractivity contribution is 5.62. The van der Waals surface area contributed by atoms with E-state index in [1.165, 1.54) is 11.3 Å². The first-order valence-corrected chi connectivity index (χ1v) is 6.67. The first kappa shape index (κ1) is 11.3. The van der Waals surface area contributed by atoms with Crippen molar-refractivity contribution in [1.29, 1.82) is 0 Å². The van der Waals surface area contributed by atoms with Crippen LogP contribution in [0.2, 0.25) is 0 Å². The Morgan fingerprint density at radius 3 is 2.70 bits per heavy atom. The van der Waals surface area contributed by atoms with Gasteiger partial charge in [-0.05, 0) is 29.8 Å². The lowest BCUT2D eigenvalue weighted by Crippen LogP contribution is -1.95. The summed E-state index contributed by atoms with van der Waals surface area (Å²) in [5.74, 6) is 0.901. The van der Waals surface area contributed by atoms with Crippen molar-refractivity contribution < 1.29 is 4.74 Å². The summed E-state index contributed by atoms with van der Waals surface area (Å²) >= 11 is 0. The molecule has 0 saturated carbocycles. The molecule has 0 N–H and O–H groups in total. The maximum Gasteiger partial charge on any atom is 0.119 e. The van der Waals surface area contributed by atoms with Crippen LogP contribution >= 0.6 is 0 Å². The smallest absolute Gasteiger partial charge is 0.119 e. The van der Waals surface area contributed by atoms with Crippen LogP contribution in [0.15, 0.2) is 54.6 Å². The first-order valence-electron chi connectivity index (χ1n) is 6.67. The Labute approximate surface area is 117 Å². The van der Waals surface area contributed by atoms with E-state index in [2.05, 4.69) is 30.3 Å². The Bertz CT molecular complexity index is 775. The van der Waals surface area contributed by atoms with Gasteiger partial charge in [-0.25, -0.2) is 4.68 Å². The van der Waals surface area contributed by atoms with Crippen molar-refractivity contribution in [3.8, 4) is 22.7 Å². The lowest BCUT2D eigenvalue weighted by atomic mass is 10.1. The lowest BCUT2D eigenvalue weighted by Gasteiger charge is -2.04. The zero-order valence-corrected chi connectivity index (χ0v) is 11.2. The van der Waals surface area contributed by atoms with Gasteiger partial charge in [0.15, 0.2) is 0 Å². The molecular weight excluding hydrogens is 248 g/mol. The van der Waals surface area contributed by atoms with E-state index in [-0.39, 0.29) is 0 Å². The van der Waals surface area contributed by atoms with Gasteiger partial charge in [-0.1, -0.05) is 30.3 Å². The lowest BCUT2D eigenvalue weighted by molar-refractivity contribution is 0.414. The zero-order valence-electron chi connectivity index (χ0n) is 11.2. The van der Waals surface area contributed by atoms with Gasteiger partial charge in [-0.3, -0.25) is 0 Å². The predicted octanol–water partition coefficient (Wildman–Crippen LogP) is 3.45. The topological polar surface area (TPSA) is 27.1 Å². The Morgan fingerprint density at radius 2 is 1.90 bits per heavy atom. The molecule has 3 aromatic rings. The molecule has 0 unspecified atom stereocenters. The molecule has 2 heterocycles. The van der Waals surface area contributed by atoms with Crippen LogP contribution in [-0.4, -0.2) is 16.9 Å². The van der Waals surface area contributed by atoms with Gasteiger partial charge in [0.2, 0.25) is 0 Å². The van der Waals surface area contributed by atoms with Crippen LogP contribution in [-0.2, 0) is 6.42 Å². The van der Waals surface area contributed by atoms with Crippen molar-refractivity contribution in [2.75, 3.05) is 7.11 Å². The standard InChI is InChI=1S/C17H14N2O/c1-20-15-7-8-17-13(10-15)9-14-11-16(18-19(14)17)12-5-3-2-4-6-12/h2-8,10-11H,9H2,1H3. The second kappa shape index (κ2) is 4.23. The van der Waals surface area contributed by atoms with Crippen molar-refractivity contribution in [2.24, 2.45) is 0 Å². The van der Waals surface area contributed by atoms with Gasteiger partial charge in [-0.2, -0.15) is 5.10 Å². The highest BCUT2D eigenvalue weighted by atomic mass is 16.5. The Morgan fingerprint density at radius 1 is 1.05 bits per heavy atom. The van der Waals surface area contributed by atoms with Crippen LogP contribution in [0.5, 0.6) is 5.75 Å². The second-order valence-corrected chi connectivity index (χ2v) is 4.97. The van der Waals surface area contributed by atoms with Gasteiger partial charge in [0.05, 0.1) is 18.5 Å². The summed E-state index contributed by atoms with van der Waals surface area (Å²) in [5.41, 5.74) is 5.84. The van der Waals surface area contributed by atoms with Crippen LogP contribution in [0.3, 0.4) is 0 Å². The van der Waals surface area contributed by atoms with Crippen LogP contribution in [0.1, 0.15) is 11.3 Å². The minimum atomic E-state index is 0.901. The van der Waals surface area contributed by atoms with E-state index in [0.717, 1.165) is 29.1 Å². The minimum Gasteiger partial charge on any atom is -0.497 e. The second-order valence-electron chi connectivity index (χ2n) is 4.97. The molecule has 98 valence electrons. The van der Waals surface area contributed by atoms with E-state index in [1.807, 2.05) is 28.9 Å². The van der Waals surface area contributed by atoms with Crippen molar-refractivity contribution in [1.82, 2.24) is 9.78 Å². The summed E-state index contributed by atoms with van der Waals surface area (Å²) in [5, 5.41) is 4.73. The van der Waals surface area contributed by atoms with Crippen molar-refractivity contribution in [3.05, 3.63) is 65.9 Å². The molecule has 1 aliphatic rings. The summed E-state index contributed by atoms with van der Waals surface area (Å²) < 4.78 is 7.32. The fraction of sp³-hybridized carbons (Fsp3) is 0.118. The number of benzene rings is 2. The number of methoxy groups -OCH3 is 1. The van der Waals surface area contributed by atoms with Gasteiger partial charge in [-0.15, -0.1) is 0 Å². The molecule has 4 rings (SSSR count). The number of rotatable bonds is 2. The number of aromatic nitrogens is 2. The van der Waals surface area contributed by atoms with E-state index in [4.69, 9.17) is 9.84 Å².